The van der Waals surface area contributed by atoms with Gasteiger partial charge in [0.05, 0.1) is 5.52 Å². The monoisotopic (exact) mass is 270 g/mol. The molecule has 0 spiro atoms. The number of para-hydroxylation sites is 1. The second-order valence-electron chi connectivity index (χ2n) is 4.42. The van der Waals surface area contributed by atoms with Crippen molar-refractivity contribution in [2.24, 2.45) is 0 Å². The van der Waals surface area contributed by atoms with E-state index in [0.717, 1.165) is 34.5 Å². The fraction of sp³-hybridized carbons (Fsp3) is 0.214. The summed E-state index contributed by atoms with van der Waals surface area (Å²) in [5.74, 6) is 0.870. The molecule has 4 nitrogen and oxygen atoms in total. The zero-order valence-electron chi connectivity index (χ0n) is 10.8. The quantitative estimate of drug-likeness (QED) is 0.725. The molecule has 0 radical (unpaired) electrons. The summed E-state index contributed by atoms with van der Waals surface area (Å²) in [7, 11) is 0. The third kappa shape index (κ3) is 1.96. The molecule has 96 valence electrons. The molecule has 0 amide bonds. The SMILES string of the molecule is CCn1c(-c2cc(C)nc3ccccc23)n[nH]c1=S. The first-order valence-electron chi connectivity index (χ1n) is 6.22. The number of H-pyrrole nitrogens is 1. The molecule has 1 N–H and O–H groups in total. The number of hydrogen-bond acceptors (Lipinski definition) is 3. The Morgan fingerprint density at radius 3 is 2.89 bits per heavy atom. The highest BCUT2D eigenvalue weighted by atomic mass is 32.1. The lowest BCUT2D eigenvalue weighted by Crippen LogP contribution is -1.99. The summed E-state index contributed by atoms with van der Waals surface area (Å²) in [6, 6.07) is 10.1. The van der Waals surface area contributed by atoms with Crippen molar-refractivity contribution >= 4 is 23.1 Å². The van der Waals surface area contributed by atoms with E-state index in [1.807, 2.05) is 29.7 Å². The van der Waals surface area contributed by atoms with E-state index in [0.29, 0.717) is 4.77 Å². The molecule has 5 heteroatoms. The summed E-state index contributed by atoms with van der Waals surface area (Å²) >= 11 is 5.26. The molecule has 0 unspecified atom stereocenters. The van der Waals surface area contributed by atoms with Gasteiger partial charge in [0.2, 0.25) is 0 Å². The summed E-state index contributed by atoms with van der Waals surface area (Å²) in [6.45, 7) is 4.85. The van der Waals surface area contributed by atoms with Crippen molar-refractivity contribution in [2.75, 3.05) is 0 Å². The van der Waals surface area contributed by atoms with Gasteiger partial charge in [-0.2, -0.15) is 5.10 Å². The molecule has 0 atom stereocenters. The molecule has 0 aliphatic rings. The van der Waals surface area contributed by atoms with Crippen LogP contribution in [-0.4, -0.2) is 19.7 Å². The number of fused-ring (bicyclic) bond motifs is 1. The zero-order chi connectivity index (χ0) is 13.4. The number of aromatic amines is 1. The van der Waals surface area contributed by atoms with Crippen LogP contribution in [-0.2, 0) is 6.54 Å². The zero-order valence-corrected chi connectivity index (χ0v) is 11.7. The lowest BCUT2D eigenvalue weighted by molar-refractivity contribution is 0.756. The van der Waals surface area contributed by atoms with Gasteiger partial charge in [0.25, 0.3) is 0 Å². The van der Waals surface area contributed by atoms with Crippen LogP contribution in [0.4, 0.5) is 0 Å². The molecule has 0 aliphatic heterocycles. The maximum absolute atomic E-state index is 5.26. The van der Waals surface area contributed by atoms with E-state index >= 15 is 0 Å². The Morgan fingerprint density at radius 1 is 1.32 bits per heavy atom. The number of hydrogen-bond donors (Lipinski definition) is 1. The van der Waals surface area contributed by atoms with Crippen molar-refractivity contribution in [2.45, 2.75) is 20.4 Å². The van der Waals surface area contributed by atoms with Crippen LogP contribution in [0.3, 0.4) is 0 Å². The van der Waals surface area contributed by atoms with E-state index in [9.17, 15) is 0 Å². The van der Waals surface area contributed by atoms with Crippen LogP contribution < -0.4 is 0 Å². The van der Waals surface area contributed by atoms with Crippen LogP contribution in [0.1, 0.15) is 12.6 Å². The lowest BCUT2D eigenvalue weighted by Gasteiger charge is -2.08. The summed E-state index contributed by atoms with van der Waals surface area (Å²) in [4.78, 5) is 4.55. The van der Waals surface area contributed by atoms with E-state index in [-0.39, 0.29) is 0 Å². The van der Waals surface area contributed by atoms with Crippen LogP contribution >= 0.6 is 12.2 Å². The fourth-order valence-corrected chi connectivity index (χ4v) is 2.57. The van der Waals surface area contributed by atoms with E-state index in [4.69, 9.17) is 12.2 Å². The van der Waals surface area contributed by atoms with Gasteiger partial charge >= 0.3 is 0 Å². The average molecular weight is 270 g/mol. The van der Waals surface area contributed by atoms with Crippen molar-refractivity contribution in [3.05, 3.63) is 40.8 Å². The molecule has 2 heterocycles. The highest BCUT2D eigenvalue weighted by molar-refractivity contribution is 7.71. The third-order valence-electron chi connectivity index (χ3n) is 3.16. The number of aromatic nitrogens is 4. The average Bonchev–Trinajstić information content (AvgIpc) is 2.78. The van der Waals surface area contributed by atoms with Gasteiger partial charge in [-0.05, 0) is 38.2 Å². The second-order valence-corrected chi connectivity index (χ2v) is 4.81. The number of rotatable bonds is 2. The molecule has 0 saturated carbocycles. The molecule has 3 rings (SSSR count). The molecule has 19 heavy (non-hydrogen) atoms. The first-order valence-corrected chi connectivity index (χ1v) is 6.63. The predicted octanol–water partition coefficient (Wildman–Crippen LogP) is 3.48. The van der Waals surface area contributed by atoms with E-state index in [1.54, 1.807) is 0 Å². The Morgan fingerprint density at radius 2 is 2.11 bits per heavy atom. The minimum Gasteiger partial charge on any atom is -0.300 e. The summed E-state index contributed by atoms with van der Waals surface area (Å²) in [5, 5.41) is 8.33. The molecule has 0 fully saturated rings. The summed E-state index contributed by atoms with van der Waals surface area (Å²) in [5.41, 5.74) is 3.02. The van der Waals surface area contributed by atoms with Gasteiger partial charge in [-0.15, -0.1) is 0 Å². The number of benzene rings is 1. The van der Waals surface area contributed by atoms with E-state index in [2.05, 4.69) is 34.2 Å². The topological polar surface area (TPSA) is 46.5 Å². The molecular weight excluding hydrogens is 256 g/mol. The highest BCUT2D eigenvalue weighted by Crippen LogP contribution is 2.27. The van der Waals surface area contributed by atoms with Crippen LogP contribution in [0.2, 0.25) is 0 Å². The predicted molar refractivity (Wildman–Crippen MR) is 78.6 cm³/mol. The Kier molecular flexibility index (Phi) is 2.91. The Hall–Kier alpha value is -2.01. The highest BCUT2D eigenvalue weighted by Gasteiger charge is 2.12. The molecule has 1 aromatic carbocycles. The van der Waals surface area contributed by atoms with E-state index in [1.165, 1.54) is 0 Å². The van der Waals surface area contributed by atoms with Crippen molar-refractivity contribution in [1.82, 2.24) is 19.7 Å². The molecule has 2 aromatic heterocycles. The standard InChI is InChI=1S/C14H14N4S/c1-3-18-13(16-17-14(18)19)11-8-9(2)15-12-7-5-4-6-10(11)12/h4-8H,3H2,1-2H3,(H,17,19). The minimum atomic E-state index is 0.649. The first-order chi connectivity index (χ1) is 9.20. The largest absolute Gasteiger partial charge is 0.300 e. The van der Waals surface area contributed by atoms with Crippen molar-refractivity contribution in [3.63, 3.8) is 0 Å². The van der Waals surface area contributed by atoms with Gasteiger partial charge in [0, 0.05) is 23.2 Å². The molecule has 0 bridgehead atoms. The lowest BCUT2D eigenvalue weighted by atomic mass is 10.1. The van der Waals surface area contributed by atoms with Gasteiger partial charge in [0.15, 0.2) is 10.6 Å². The van der Waals surface area contributed by atoms with Gasteiger partial charge in [-0.3, -0.25) is 10.1 Å². The Bertz CT molecular complexity index is 801. The molecule has 3 aromatic rings. The van der Waals surface area contributed by atoms with Crippen LogP contribution in [0.5, 0.6) is 0 Å². The van der Waals surface area contributed by atoms with Gasteiger partial charge in [0.1, 0.15) is 0 Å². The van der Waals surface area contributed by atoms with Gasteiger partial charge in [-0.25, -0.2) is 0 Å². The Labute approximate surface area is 116 Å². The molecule has 0 saturated heterocycles. The Balaban J connectivity index is 2.39. The number of aryl methyl sites for hydroxylation is 1. The van der Waals surface area contributed by atoms with Crippen LogP contribution in [0.15, 0.2) is 30.3 Å². The van der Waals surface area contributed by atoms with Gasteiger partial charge < -0.3 is 4.57 Å². The minimum absolute atomic E-state index is 0.649. The maximum atomic E-state index is 5.26. The number of nitrogens with one attached hydrogen (secondary N) is 1. The van der Waals surface area contributed by atoms with Gasteiger partial charge in [-0.1, -0.05) is 18.2 Å². The normalized spacial score (nSPS) is 11.1. The fourth-order valence-electron chi connectivity index (χ4n) is 2.31. The molecular formula is C14H14N4S. The number of nitrogens with zero attached hydrogens (tertiary/aromatic N) is 3. The molecule has 0 aliphatic carbocycles. The van der Waals surface area contributed by atoms with Crippen LogP contribution in [0, 0.1) is 11.7 Å². The summed E-state index contributed by atoms with van der Waals surface area (Å²) in [6.07, 6.45) is 0. The first kappa shape index (κ1) is 12.0. The van der Waals surface area contributed by atoms with Crippen molar-refractivity contribution in [3.8, 4) is 11.4 Å². The second kappa shape index (κ2) is 4.59. The van der Waals surface area contributed by atoms with Crippen LogP contribution in [0.25, 0.3) is 22.3 Å². The third-order valence-corrected chi connectivity index (χ3v) is 3.47. The van der Waals surface area contributed by atoms with Crippen molar-refractivity contribution < 1.29 is 0 Å². The van der Waals surface area contributed by atoms with Crippen molar-refractivity contribution in [1.29, 1.82) is 0 Å². The van der Waals surface area contributed by atoms with E-state index < -0.39 is 0 Å². The summed E-state index contributed by atoms with van der Waals surface area (Å²) < 4.78 is 2.65. The number of pyridine rings is 1. The maximum Gasteiger partial charge on any atom is 0.195 e. The smallest absolute Gasteiger partial charge is 0.195 e.